The van der Waals surface area contributed by atoms with Crippen molar-refractivity contribution in [3.05, 3.63) is 23.8 Å². The van der Waals surface area contributed by atoms with Gasteiger partial charge >= 0.3 is 0 Å². The van der Waals surface area contributed by atoms with E-state index >= 15 is 0 Å². The normalized spacial score (nSPS) is 11.4. The quantitative estimate of drug-likeness (QED) is 0.662. The van der Waals surface area contributed by atoms with E-state index in [9.17, 15) is 0 Å². The molecule has 0 saturated heterocycles. The first-order valence-electron chi connectivity index (χ1n) is 4.36. The summed E-state index contributed by atoms with van der Waals surface area (Å²) in [6.07, 6.45) is 3.34. The van der Waals surface area contributed by atoms with Gasteiger partial charge in [-0.15, -0.1) is 0 Å². The average molecular weight is 176 g/mol. The van der Waals surface area contributed by atoms with Crippen LogP contribution in [0.5, 0.6) is 0 Å². The summed E-state index contributed by atoms with van der Waals surface area (Å²) >= 11 is 0. The van der Waals surface area contributed by atoms with Crippen molar-refractivity contribution in [2.45, 2.75) is 26.7 Å². The van der Waals surface area contributed by atoms with Crippen molar-refractivity contribution in [1.29, 1.82) is 0 Å². The van der Waals surface area contributed by atoms with Crippen molar-refractivity contribution in [1.82, 2.24) is 19.6 Å². The van der Waals surface area contributed by atoms with Gasteiger partial charge in [0, 0.05) is 0 Å². The Morgan fingerprint density at radius 1 is 1.31 bits per heavy atom. The minimum Gasteiger partial charge on any atom is -0.218 e. The molecule has 68 valence electrons. The van der Waals surface area contributed by atoms with E-state index in [1.54, 1.807) is 16.9 Å². The number of nitrogens with zero attached hydrogens (tertiary/aromatic N) is 4. The predicted molar refractivity (Wildman–Crippen MR) is 49.6 cm³/mol. The smallest absolute Gasteiger partial charge is 0.218 e. The summed E-state index contributed by atoms with van der Waals surface area (Å²) in [7, 11) is 0. The lowest BCUT2D eigenvalue weighted by Crippen LogP contribution is -2.00. The van der Waals surface area contributed by atoms with E-state index < -0.39 is 0 Å². The van der Waals surface area contributed by atoms with Gasteiger partial charge in [0.15, 0.2) is 0 Å². The van der Waals surface area contributed by atoms with E-state index in [0.717, 1.165) is 11.4 Å². The predicted octanol–water partition coefficient (Wildman–Crippen LogP) is 1.56. The molecule has 0 aliphatic carbocycles. The topological polar surface area (TPSA) is 43.1 Å². The summed E-state index contributed by atoms with van der Waals surface area (Å²) in [5.74, 6) is 1.11. The van der Waals surface area contributed by atoms with Crippen LogP contribution in [0.4, 0.5) is 0 Å². The summed E-state index contributed by atoms with van der Waals surface area (Å²) in [6.45, 7) is 6.25. The van der Waals surface area contributed by atoms with Gasteiger partial charge in [0.25, 0.3) is 5.78 Å². The van der Waals surface area contributed by atoms with Gasteiger partial charge < -0.3 is 0 Å². The number of aryl methyl sites for hydroxylation is 1. The first-order valence-corrected chi connectivity index (χ1v) is 4.36. The van der Waals surface area contributed by atoms with E-state index in [-0.39, 0.29) is 0 Å². The molecule has 4 nitrogen and oxygen atoms in total. The van der Waals surface area contributed by atoms with Crippen LogP contribution >= 0.6 is 0 Å². The van der Waals surface area contributed by atoms with Gasteiger partial charge in [0.05, 0.1) is 23.8 Å². The van der Waals surface area contributed by atoms with Crippen LogP contribution in [0.15, 0.2) is 12.4 Å². The van der Waals surface area contributed by atoms with Crippen LogP contribution < -0.4 is 0 Å². The Hall–Kier alpha value is -1.45. The van der Waals surface area contributed by atoms with Gasteiger partial charge in [-0.2, -0.15) is 5.10 Å². The molecular formula is C9H12N4. The number of imidazole rings is 1. The van der Waals surface area contributed by atoms with Crippen LogP contribution in [0.3, 0.4) is 0 Å². The van der Waals surface area contributed by atoms with Crippen LogP contribution in [-0.4, -0.2) is 19.6 Å². The zero-order valence-electron chi connectivity index (χ0n) is 8.02. The lowest BCUT2D eigenvalue weighted by atomic mass is 10.1. The average Bonchev–Trinajstić information content (AvgIpc) is 2.39. The number of aromatic nitrogens is 4. The number of rotatable bonds is 1. The van der Waals surface area contributed by atoms with Crippen molar-refractivity contribution in [3.63, 3.8) is 0 Å². The van der Waals surface area contributed by atoms with Gasteiger partial charge in [-0.05, 0) is 12.8 Å². The maximum atomic E-state index is 4.32. The Morgan fingerprint density at radius 3 is 2.77 bits per heavy atom. The van der Waals surface area contributed by atoms with Crippen LogP contribution in [-0.2, 0) is 0 Å². The summed E-state index contributed by atoms with van der Waals surface area (Å²) < 4.78 is 1.81. The summed E-state index contributed by atoms with van der Waals surface area (Å²) in [6, 6.07) is 0. The van der Waals surface area contributed by atoms with Crippen molar-refractivity contribution in [3.8, 4) is 0 Å². The molecular weight excluding hydrogens is 164 g/mol. The molecule has 2 rings (SSSR count). The molecule has 0 saturated carbocycles. The Labute approximate surface area is 76.6 Å². The third kappa shape index (κ3) is 1.18. The summed E-state index contributed by atoms with van der Waals surface area (Å²) in [5, 5.41) is 4.21. The zero-order valence-corrected chi connectivity index (χ0v) is 8.02. The van der Waals surface area contributed by atoms with Crippen LogP contribution in [0, 0.1) is 6.92 Å². The highest BCUT2D eigenvalue weighted by atomic mass is 15.3. The van der Waals surface area contributed by atoms with Crippen LogP contribution in [0.2, 0.25) is 0 Å². The van der Waals surface area contributed by atoms with Crippen molar-refractivity contribution in [2.75, 3.05) is 0 Å². The Kier molecular flexibility index (Phi) is 1.76. The zero-order chi connectivity index (χ0) is 9.42. The highest BCUT2D eigenvalue weighted by Crippen LogP contribution is 2.17. The molecule has 0 spiro atoms. The molecule has 0 aromatic carbocycles. The molecule has 0 amide bonds. The Bertz CT molecular complexity index is 430. The summed E-state index contributed by atoms with van der Waals surface area (Å²) in [5.41, 5.74) is 2.16. The molecule has 0 fully saturated rings. The van der Waals surface area contributed by atoms with Crippen LogP contribution in [0.1, 0.15) is 31.2 Å². The van der Waals surface area contributed by atoms with Crippen molar-refractivity contribution < 1.29 is 0 Å². The molecule has 0 radical (unpaired) electrons. The molecule has 0 atom stereocenters. The van der Waals surface area contributed by atoms with Crippen molar-refractivity contribution in [2.24, 2.45) is 0 Å². The minimum absolute atomic E-state index is 0.423. The second-order valence-corrected chi connectivity index (χ2v) is 3.39. The first kappa shape index (κ1) is 8.16. The lowest BCUT2D eigenvalue weighted by molar-refractivity contribution is 0.745. The molecule has 2 aromatic heterocycles. The maximum Gasteiger partial charge on any atom is 0.251 e. The molecule has 0 bridgehead atoms. The van der Waals surface area contributed by atoms with Crippen molar-refractivity contribution >= 4 is 5.78 Å². The Morgan fingerprint density at radius 2 is 2.08 bits per heavy atom. The number of fused-ring (bicyclic) bond motifs is 1. The number of hydrogen-bond acceptors (Lipinski definition) is 3. The SMILES string of the molecule is Cc1nc2nccnn2c1C(C)C. The molecule has 0 aliphatic heterocycles. The van der Waals surface area contributed by atoms with E-state index in [1.807, 2.05) is 6.92 Å². The largest absolute Gasteiger partial charge is 0.251 e. The fourth-order valence-corrected chi connectivity index (χ4v) is 1.57. The molecule has 4 heteroatoms. The third-order valence-electron chi connectivity index (χ3n) is 2.04. The van der Waals surface area contributed by atoms with E-state index in [4.69, 9.17) is 0 Å². The van der Waals surface area contributed by atoms with Gasteiger partial charge in [0.2, 0.25) is 0 Å². The van der Waals surface area contributed by atoms with E-state index in [0.29, 0.717) is 11.7 Å². The van der Waals surface area contributed by atoms with Crippen LogP contribution in [0.25, 0.3) is 5.78 Å². The molecule has 2 heterocycles. The summed E-state index contributed by atoms with van der Waals surface area (Å²) in [4.78, 5) is 8.46. The molecule has 0 aliphatic rings. The van der Waals surface area contributed by atoms with Gasteiger partial charge in [0.1, 0.15) is 0 Å². The van der Waals surface area contributed by atoms with E-state index in [2.05, 4.69) is 28.9 Å². The van der Waals surface area contributed by atoms with E-state index in [1.165, 1.54) is 0 Å². The molecule has 0 unspecified atom stereocenters. The second-order valence-electron chi connectivity index (χ2n) is 3.39. The fourth-order valence-electron chi connectivity index (χ4n) is 1.57. The van der Waals surface area contributed by atoms with Gasteiger partial charge in [-0.25, -0.2) is 14.5 Å². The maximum absolute atomic E-state index is 4.32. The lowest BCUT2D eigenvalue weighted by Gasteiger charge is -2.03. The molecule has 0 N–H and O–H groups in total. The van der Waals surface area contributed by atoms with Gasteiger partial charge in [-0.1, -0.05) is 13.8 Å². The molecule has 2 aromatic rings. The first-order chi connectivity index (χ1) is 6.20. The highest BCUT2D eigenvalue weighted by molar-refractivity contribution is 5.33. The molecule has 13 heavy (non-hydrogen) atoms. The fraction of sp³-hybridized carbons (Fsp3) is 0.444. The monoisotopic (exact) mass is 176 g/mol. The minimum atomic E-state index is 0.423. The van der Waals surface area contributed by atoms with Gasteiger partial charge in [-0.3, -0.25) is 0 Å². The second kappa shape index (κ2) is 2.80. The highest BCUT2D eigenvalue weighted by Gasteiger charge is 2.12. The number of hydrogen-bond donors (Lipinski definition) is 0. The standard InChI is InChI=1S/C9H12N4/c1-6(2)8-7(3)12-9-10-4-5-11-13(8)9/h4-6H,1-3H3. The Balaban J connectivity index is 2.78. The third-order valence-corrected chi connectivity index (χ3v) is 2.04.